The lowest BCUT2D eigenvalue weighted by atomic mass is 10.1. The third kappa shape index (κ3) is 5.02. The highest BCUT2D eigenvalue weighted by molar-refractivity contribution is 7.89. The number of benzene rings is 2. The largest absolute Gasteiger partial charge is 0.497 e. The predicted molar refractivity (Wildman–Crippen MR) is 118 cm³/mol. The zero-order chi connectivity index (χ0) is 22.6. The summed E-state index contributed by atoms with van der Waals surface area (Å²) < 4.78 is 37.9. The van der Waals surface area contributed by atoms with Crippen LogP contribution in [0.3, 0.4) is 0 Å². The van der Waals surface area contributed by atoms with Crippen molar-refractivity contribution >= 4 is 15.9 Å². The Morgan fingerprint density at radius 3 is 2.38 bits per heavy atom. The maximum absolute atomic E-state index is 13.0. The minimum atomic E-state index is -3.73. The molecule has 4 rings (SSSR count). The molecule has 8 nitrogen and oxygen atoms in total. The minimum Gasteiger partial charge on any atom is -0.497 e. The number of ether oxygens (including phenoxy) is 2. The number of nitrogens with one attached hydrogen (secondary N) is 1. The second kappa shape index (κ2) is 9.83. The Morgan fingerprint density at radius 1 is 1.06 bits per heavy atom. The average Bonchev–Trinajstić information content (AvgIpc) is 3.35. The molecule has 2 aromatic carbocycles. The van der Waals surface area contributed by atoms with Crippen molar-refractivity contribution in [3.05, 3.63) is 60.2 Å². The van der Waals surface area contributed by atoms with Gasteiger partial charge in [0.05, 0.1) is 12.0 Å². The monoisotopic (exact) mass is 458 g/mol. The molecule has 32 heavy (non-hydrogen) atoms. The molecule has 9 heteroatoms. The number of hydroxylamine groups is 1. The van der Waals surface area contributed by atoms with Gasteiger partial charge in [0.2, 0.25) is 10.0 Å². The number of carbonyl (C=O) groups is 1. The van der Waals surface area contributed by atoms with E-state index in [1.165, 1.54) is 4.31 Å². The van der Waals surface area contributed by atoms with Crippen molar-refractivity contribution in [2.45, 2.75) is 30.4 Å². The Kier molecular flexibility index (Phi) is 6.90. The lowest BCUT2D eigenvalue weighted by Gasteiger charge is -2.22. The Bertz CT molecular complexity index is 1070. The van der Waals surface area contributed by atoms with Gasteiger partial charge in [-0.15, -0.1) is 0 Å². The number of sulfonamides is 1. The molecule has 0 radical (unpaired) electrons. The van der Waals surface area contributed by atoms with Gasteiger partial charge in [0.25, 0.3) is 5.91 Å². The number of carbonyl (C=O) groups excluding carboxylic acids is 1. The lowest BCUT2D eigenvalue weighted by molar-refractivity contribution is -0.198. The smallest absolute Gasteiger partial charge is 0.271 e. The van der Waals surface area contributed by atoms with E-state index in [2.05, 4.69) is 5.48 Å². The summed E-state index contributed by atoms with van der Waals surface area (Å²) in [7, 11) is -2.13. The predicted octanol–water partition coefficient (Wildman–Crippen LogP) is 2.87. The van der Waals surface area contributed by atoms with E-state index in [4.69, 9.17) is 14.3 Å². The molecule has 1 atom stereocenters. The van der Waals surface area contributed by atoms with Gasteiger partial charge in [-0.2, -0.15) is 4.31 Å². The Balaban J connectivity index is 1.36. The Morgan fingerprint density at radius 2 is 1.75 bits per heavy atom. The first-order valence-corrected chi connectivity index (χ1v) is 11.9. The average molecular weight is 459 g/mol. The summed E-state index contributed by atoms with van der Waals surface area (Å²) in [6, 6.07) is 14.2. The number of nitrogens with zero attached hydrogens (tertiary/aromatic N) is 1. The first-order valence-electron chi connectivity index (χ1n) is 10.5. The number of rotatable bonds is 7. The molecule has 1 saturated heterocycles. The van der Waals surface area contributed by atoms with Crippen LogP contribution in [0.5, 0.6) is 5.75 Å². The Labute approximate surface area is 187 Å². The zero-order valence-electron chi connectivity index (χ0n) is 17.8. The third-order valence-corrected chi connectivity index (χ3v) is 7.34. The highest BCUT2D eigenvalue weighted by Gasteiger charge is 2.31. The first-order chi connectivity index (χ1) is 15.5. The van der Waals surface area contributed by atoms with Crippen LogP contribution in [0.25, 0.3) is 11.1 Å². The van der Waals surface area contributed by atoms with E-state index >= 15 is 0 Å². The highest BCUT2D eigenvalue weighted by Crippen LogP contribution is 2.26. The van der Waals surface area contributed by atoms with Crippen molar-refractivity contribution in [3.8, 4) is 16.9 Å². The Hall–Kier alpha value is -2.72. The van der Waals surface area contributed by atoms with E-state index in [1.54, 1.807) is 37.5 Å². The van der Waals surface area contributed by atoms with Crippen LogP contribution < -0.4 is 10.2 Å². The van der Waals surface area contributed by atoms with Crippen LogP contribution in [0.15, 0.2) is 65.1 Å². The zero-order valence-corrected chi connectivity index (χ0v) is 18.6. The molecule has 2 aliphatic rings. The number of hydrogen-bond acceptors (Lipinski definition) is 6. The molecule has 0 aromatic heterocycles. The number of methoxy groups -OCH3 is 1. The molecular formula is C23H26N2O6S. The van der Waals surface area contributed by atoms with E-state index in [0.717, 1.165) is 29.7 Å². The summed E-state index contributed by atoms with van der Waals surface area (Å²) in [5, 5.41) is 0. The van der Waals surface area contributed by atoms with Crippen LogP contribution >= 0.6 is 0 Å². The molecule has 2 heterocycles. The van der Waals surface area contributed by atoms with Crippen LogP contribution in [-0.2, 0) is 24.4 Å². The van der Waals surface area contributed by atoms with Crippen molar-refractivity contribution in [2.75, 3.05) is 26.8 Å². The second-order valence-corrected chi connectivity index (χ2v) is 9.56. The minimum absolute atomic E-state index is 0.0106. The topological polar surface area (TPSA) is 94.2 Å². The summed E-state index contributed by atoms with van der Waals surface area (Å²) >= 11 is 0. The summed E-state index contributed by atoms with van der Waals surface area (Å²) in [4.78, 5) is 17.8. The normalized spacial score (nSPS) is 19.4. The molecule has 1 N–H and O–H groups in total. The van der Waals surface area contributed by atoms with E-state index in [9.17, 15) is 13.2 Å². The third-order valence-electron chi connectivity index (χ3n) is 5.52. The molecule has 1 amide bonds. The van der Waals surface area contributed by atoms with E-state index in [-0.39, 0.29) is 18.0 Å². The van der Waals surface area contributed by atoms with E-state index in [1.807, 2.05) is 24.3 Å². The van der Waals surface area contributed by atoms with Gasteiger partial charge in [-0.05, 0) is 48.2 Å². The fraction of sp³-hybridized carbons (Fsp3) is 0.348. The second-order valence-electron chi connectivity index (χ2n) is 7.62. The summed E-state index contributed by atoms with van der Waals surface area (Å²) in [6.45, 7) is 0.723. The molecule has 0 spiro atoms. The van der Waals surface area contributed by atoms with Gasteiger partial charge in [-0.3, -0.25) is 4.79 Å². The molecule has 0 saturated carbocycles. The summed E-state index contributed by atoms with van der Waals surface area (Å²) in [5.41, 5.74) is 4.58. The fourth-order valence-electron chi connectivity index (χ4n) is 3.62. The van der Waals surface area contributed by atoms with Crippen molar-refractivity contribution in [3.63, 3.8) is 0 Å². The van der Waals surface area contributed by atoms with Crippen molar-refractivity contribution in [1.82, 2.24) is 9.79 Å². The van der Waals surface area contributed by atoms with Crippen LogP contribution in [0, 0.1) is 0 Å². The van der Waals surface area contributed by atoms with Crippen LogP contribution in [0.1, 0.15) is 19.3 Å². The maximum atomic E-state index is 13.0. The van der Waals surface area contributed by atoms with Gasteiger partial charge in [0, 0.05) is 31.7 Å². The molecule has 170 valence electrons. The lowest BCUT2D eigenvalue weighted by Crippen LogP contribution is -2.36. The van der Waals surface area contributed by atoms with Gasteiger partial charge in [-0.1, -0.05) is 30.3 Å². The van der Waals surface area contributed by atoms with Crippen molar-refractivity contribution < 1.29 is 27.5 Å². The number of amides is 1. The van der Waals surface area contributed by atoms with Gasteiger partial charge in [0.1, 0.15) is 5.75 Å². The van der Waals surface area contributed by atoms with Crippen molar-refractivity contribution in [1.29, 1.82) is 0 Å². The van der Waals surface area contributed by atoms with Crippen LogP contribution in [0.4, 0.5) is 0 Å². The first kappa shape index (κ1) is 22.5. The van der Waals surface area contributed by atoms with Crippen molar-refractivity contribution in [2.24, 2.45) is 0 Å². The molecule has 0 bridgehead atoms. The molecule has 2 aromatic rings. The molecule has 2 aliphatic heterocycles. The summed E-state index contributed by atoms with van der Waals surface area (Å²) in [5.74, 6) is 0.303. The fourth-order valence-corrected chi connectivity index (χ4v) is 4.98. The molecule has 1 unspecified atom stereocenters. The quantitative estimate of drug-likeness (QED) is 0.642. The van der Waals surface area contributed by atoms with Gasteiger partial charge in [0.15, 0.2) is 6.29 Å². The standard InChI is InChI=1S/C23H26N2O6S/c1-29-20-9-5-17(6-10-20)18-7-11-21(12-8-18)32(27,28)25-14-13-19(16-25)23(26)24-31-22-4-2-3-15-30-22/h5-13,22H,2-4,14-16H2,1H3,(H,24,26). The molecule has 1 fully saturated rings. The maximum Gasteiger partial charge on any atom is 0.271 e. The molecule has 0 aliphatic carbocycles. The van der Waals surface area contributed by atoms with E-state index in [0.29, 0.717) is 18.6 Å². The van der Waals surface area contributed by atoms with Gasteiger partial charge in [-0.25, -0.2) is 18.7 Å². The number of hydrogen-bond donors (Lipinski definition) is 1. The van der Waals surface area contributed by atoms with Crippen LogP contribution in [-0.4, -0.2) is 51.7 Å². The highest BCUT2D eigenvalue weighted by atomic mass is 32.2. The summed E-state index contributed by atoms with van der Waals surface area (Å²) in [6.07, 6.45) is 3.81. The SMILES string of the molecule is COc1ccc(-c2ccc(S(=O)(=O)N3CC=C(C(=O)NOC4CCCCO4)C3)cc2)cc1. The van der Waals surface area contributed by atoms with Gasteiger partial charge >= 0.3 is 0 Å². The molecular weight excluding hydrogens is 432 g/mol. The van der Waals surface area contributed by atoms with E-state index < -0.39 is 22.2 Å². The van der Waals surface area contributed by atoms with Gasteiger partial charge < -0.3 is 9.47 Å². The van der Waals surface area contributed by atoms with Crippen LogP contribution in [0.2, 0.25) is 0 Å².